The van der Waals surface area contributed by atoms with Gasteiger partial charge >= 0.3 is 0 Å². The number of terminal acetylenes is 1. The summed E-state index contributed by atoms with van der Waals surface area (Å²) in [7, 11) is 0. The van der Waals surface area contributed by atoms with Gasteiger partial charge in [-0.2, -0.15) is 0 Å². The Labute approximate surface area is 89.4 Å². The second-order valence-electron chi connectivity index (χ2n) is 3.16. The standard InChI is InChI=1S/C12H13NO2/c1-4-7-15-13-10(3)11-5-6-12(14)9(2)8-11/h1,5-6,8,14H,7H2,2-3H3/b13-10+. The fraction of sp³-hybridized carbons (Fsp3) is 0.250. The number of hydrogen-bond donors (Lipinski definition) is 1. The van der Waals surface area contributed by atoms with Gasteiger partial charge in [-0.1, -0.05) is 11.1 Å². The van der Waals surface area contributed by atoms with Crippen molar-refractivity contribution in [2.45, 2.75) is 13.8 Å². The van der Waals surface area contributed by atoms with Crippen LogP contribution in [0.15, 0.2) is 23.4 Å². The molecule has 1 N–H and O–H groups in total. The van der Waals surface area contributed by atoms with Gasteiger partial charge in [0.25, 0.3) is 0 Å². The Hall–Kier alpha value is -1.95. The first-order valence-electron chi connectivity index (χ1n) is 4.55. The van der Waals surface area contributed by atoms with E-state index in [1.807, 2.05) is 19.9 Å². The van der Waals surface area contributed by atoms with E-state index in [0.29, 0.717) is 0 Å². The van der Waals surface area contributed by atoms with E-state index < -0.39 is 0 Å². The van der Waals surface area contributed by atoms with Gasteiger partial charge in [0.1, 0.15) is 5.75 Å². The summed E-state index contributed by atoms with van der Waals surface area (Å²) >= 11 is 0. The SMILES string of the molecule is C#CCO/N=C(\C)c1ccc(O)c(C)c1. The Balaban J connectivity index is 2.83. The predicted octanol–water partition coefficient (Wildman–Crippen LogP) is 2.07. The third kappa shape index (κ3) is 3.03. The molecule has 3 heteroatoms. The summed E-state index contributed by atoms with van der Waals surface area (Å²) < 4.78 is 0. The van der Waals surface area contributed by atoms with E-state index in [2.05, 4.69) is 11.1 Å². The largest absolute Gasteiger partial charge is 0.508 e. The van der Waals surface area contributed by atoms with Crippen LogP contribution in [-0.2, 0) is 4.84 Å². The van der Waals surface area contributed by atoms with Gasteiger partial charge in [-0.15, -0.1) is 6.42 Å². The summed E-state index contributed by atoms with van der Waals surface area (Å²) in [6.45, 7) is 3.81. The third-order valence-electron chi connectivity index (χ3n) is 1.96. The summed E-state index contributed by atoms with van der Waals surface area (Å²) in [6.07, 6.45) is 5.02. The summed E-state index contributed by atoms with van der Waals surface area (Å²) in [4.78, 5) is 4.86. The maximum absolute atomic E-state index is 9.34. The number of aromatic hydroxyl groups is 1. The Bertz CT molecular complexity index is 416. The molecule has 0 fully saturated rings. The lowest BCUT2D eigenvalue weighted by Gasteiger charge is -2.03. The third-order valence-corrected chi connectivity index (χ3v) is 1.96. The minimum Gasteiger partial charge on any atom is -0.508 e. The van der Waals surface area contributed by atoms with Crippen molar-refractivity contribution in [3.8, 4) is 18.1 Å². The monoisotopic (exact) mass is 203 g/mol. The zero-order chi connectivity index (χ0) is 11.3. The highest BCUT2D eigenvalue weighted by Crippen LogP contribution is 2.17. The molecular weight excluding hydrogens is 190 g/mol. The molecular formula is C12H13NO2. The minimum atomic E-state index is 0.161. The Kier molecular flexibility index (Phi) is 3.75. The number of aryl methyl sites for hydroxylation is 1. The molecule has 0 bridgehead atoms. The first-order valence-corrected chi connectivity index (χ1v) is 4.55. The maximum Gasteiger partial charge on any atom is 0.177 e. The van der Waals surface area contributed by atoms with Crippen molar-refractivity contribution in [3.63, 3.8) is 0 Å². The number of hydrogen-bond acceptors (Lipinski definition) is 3. The molecule has 15 heavy (non-hydrogen) atoms. The molecule has 0 saturated heterocycles. The lowest BCUT2D eigenvalue weighted by atomic mass is 10.1. The van der Waals surface area contributed by atoms with Crippen molar-refractivity contribution in [1.82, 2.24) is 0 Å². The summed E-state index contributed by atoms with van der Waals surface area (Å²) in [5, 5.41) is 13.2. The van der Waals surface area contributed by atoms with Crippen LogP contribution in [0, 0.1) is 19.3 Å². The molecule has 0 radical (unpaired) electrons. The maximum atomic E-state index is 9.34. The summed E-state index contributed by atoms with van der Waals surface area (Å²) in [6, 6.07) is 5.25. The number of nitrogens with zero attached hydrogens (tertiary/aromatic N) is 1. The first-order chi connectivity index (χ1) is 7.15. The fourth-order valence-corrected chi connectivity index (χ4v) is 1.10. The molecule has 0 atom stereocenters. The zero-order valence-electron chi connectivity index (χ0n) is 8.82. The summed E-state index contributed by atoms with van der Waals surface area (Å²) in [5.74, 6) is 2.60. The average Bonchev–Trinajstić information content (AvgIpc) is 2.22. The molecule has 3 nitrogen and oxygen atoms in total. The molecule has 0 unspecified atom stereocenters. The van der Waals surface area contributed by atoms with Crippen LogP contribution in [0.1, 0.15) is 18.1 Å². The van der Waals surface area contributed by atoms with Crippen LogP contribution in [0.3, 0.4) is 0 Å². The number of phenols is 1. The van der Waals surface area contributed by atoms with Crippen molar-refractivity contribution in [2.75, 3.05) is 6.61 Å². The minimum absolute atomic E-state index is 0.161. The lowest BCUT2D eigenvalue weighted by Crippen LogP contribution is -1.97. The zero-order valence-corrected chi connectivity index (χ0v) is 8.82. The molecule has 1 rings (SSSR count). The molecule has 0 heterocycles. The van der Waals surface area contributed by atoms with Crippen molar-refractivity contribution in [1.29, 1.82) is 0 Å². The molecule has 0 saturated carbocycles. The topological polar surface area (TPSA) is 41.8 Å². The molecule has 0 aromatic heterocycles. The number of benzene rings is 1. The molecule has 0 spiro atoms. The van der Waals surface area contributed by atoms with Crippen LogP contribution in [0.25, 0.3) is 0 Å². The highest BCUT2D eigenvalue weighted by molar-refractivity contribution is 5.98. The van der Waals surface area contributed by atoms with E-state index in [1.165, 1.54) is 0 Å². The van der Waals surface area contributed by atoms with Crippen molar-refractivity contribution in [3.05, 3.63) is 29.3 Å². The summed E-state index contributed by atoms with van der Waals surface area (Å²) in [5.41, 5.74) is 2.44. The van der Waals surface area contributed by atoms with E-state index >= 15 is 0 Å². The van der Waals surface area contributed by atoms with Gasteiger partial charge in [-0.3, -0.25) is 0 Å². The molecule has 0 aliphatic rings. The van der Waals surface area contributed by atoms with Gasteiger partial charge in [0.05, 0.1) is 5.71 Å². The predicted molar refractivity (Wildman–Crippen MR) is 59.8 cm³/mol. The quantitative estimate of drug-likeness (QED) is 0.353. The van der Waals surface area contributed by atoms with Crippen LogP contribution in [0.5, 0.6) is 5.75 Å². The van der Waals surface area contributed by atoms with Crippen LogP contribution in [0.4, 0.5) is 0 Å². The normalized spacial score (nSPS) is 10.9. The van der Waals surface area contributed by atoms with Crippen molar-refractivity contribution >= 4 is 5.71 Å². The van der Waals surface area contributed by atoms with Crippen LogP contribution in [0.2, 0.25) is 0 Å². The van der Waals surface area contributed by atoms with E-state index in [4.69, 9.17) is 11.3 Å². The second-order valence-corrected chi connectivity index (χ2v) is 3.16. The van der Waals surface area contributed by atoms with Gasteiger partial charge in [0.15, 0.2) is 6.61 Å². The molecule has 0 aliphatic heterocycles. The smallest absolute Gasteiger partial charge is 0.177 e. The first kappa shape index (κ1) is 11.1. The lowest BCUT2D eigenvalue weighted by molar-refractivity contribution is 0.180. The van der Waals surface area contributed by atoms with E-state index in [9.17, 15) is 5.11 Å². The molecule has 0 aliphatic carbocycles. The number of oxime groups is 1. The molecule has 0 amide bonds. The van der Waals surface area contributed by atoms with Gasteiger partial charge in [-0.25, -0.2) is 0 Å². The van der Waals surface area contributed by atoms with Gasteiger partial charge in [0, 0.05) is 0 Å². The molecule has 1 aromatic rings. The van der Waals surface area contributed by atoms with Gasteiger partial charge in [-0.05, 0) is 43.2 Å². The van der Waals surface area contributed by atoms with Crippen LogP contribution in [-0.4, -0.2) is 17.4 Å². The van der Waals surface area contributed by atoms with Crippen LogP contribution < -0.4 is 0 Å². The Morgan fingerprint density at radius 1 is 1.60 bits per heavy atom. The van der Waals surface area contributed by atoms with Crippen molar-refractivity contribution < 1.29 is 9.94 Å². The fourth-order valence-electron chi connectivity index (χ4n) is 1.10. The molecule has 1 aromatic carbocycles. The average molecular weight is 203 g/mol. The number of phenolic OH excluding ortho intramolecular Hbond substituents is 1. The Morgan fingerprint density at radius 3 is 2.93 bits per heavy atom. The van der Waals surface area contributed by atoms with Gasteiger partial charge in [0.2, 0.25) is 0 Å². The van der Waals surface area contributed by atoms with Gasteiger partial charge < -0.3 is 9.94 Å². The van der Waals surface area contributed by atoms with E-state index in [-0.39, 0.29) is 12.4 Å². The second kappa shape index (κ2) is 5.06. The van der Waals surface area contributed by atoms with E-state index in [1.54, 1.807) is 12.1 Å². The number of rotatable bonds is 3. The highest BCUT2D eigenvalue weighted by atomic mass is 16.6. The molecule has 78 valence electrons. The highest BCUT2D eigenvalue weighted by Gasteiger charge is 2.01. The van der Waals surface area contributed by atoms with E-state index in [0.717, 1.165) is 16.8 Å². The van der Waals surface area contributed by atoms with Crippen molar-refractivity contribution in [2.24, 2.45) is 5.16 Å². The van der Waals surface area contributed by atoms with Crippen LogP contribution >= 0.6 is 0 Å². The Morgan fingerprint density at radius 2 is 2.33 bits per heavy atom.